The molecule has 48 valence electrons. The Morgan fingerprint density at radius 2 is 2.44 bits per heavy atom. The van der Waals surface area contributed by atoms with Gasteiger partial charge in [-0.3, -0.25) is 0 Å². The Morgan fingerprint density at radius 3 is 2.67 bits per heavy atom. The Balaban J connectivity index is -0.000000213. The first kappa shape index (κ1) is 9.78. The molecule has 0 aromatic heterocycles. The fraction of sp³-hybridized carbons (Fsp3) is 0.500. The van der Waals surface area contributed by atoms with E-state index in [4.69, 9.17) is 5.11 Å². The fourth-order valence-electron chi connectivity index (χ4n) is 0.865. The molecule has 0 saturated carbocycles. The molecular formula is C6H10BaO2. The van der Waals surface area contributed by atoms with Gasteiger partial charge in [-0.15, -0.1) is 0 Å². The zero-order valence-electron chi connectivity index (χ0n) is 7.26. The van der Waals surface area contributed by atoms with E-state index in [1.807, 2.05) is 0 Å². The predicted molar refractivity (Wildman–Crippen MR) is 37.5 cm³/mol. The summed E-state index contributed by atoms with van der Waals surface area (Å²) in [6.45, 7) is 0. The van der Waals surface area contributed by atoms with Gasteiger partial charge in [0, 0.05) is 5.57 Å². The SMILES string of the molecule is O=C(O)C1=CCCC1.[Ba+2].[H-].[H-]. The van der Waals surface area contributed by atoms with Gasteiger partial charge in [-0.25, -0.2) is 4.79 Å². The Bertz CT molecular complexity index is 148. The van der Waals surface area contributed by atoms with Crippen LogP contribution < -0.4 is 0 Å². The summed E-state index contributed by atoms with van der Waals surface area (Å²) in [5.41, 5.74) is 0.588. The molecule has 2 nitrogen and oxygen atoms in total. The maximum absolute atomic E-state index is 10.1. The smallest absolute Gasteiger partial charge is 1.00 e. The number of rotatable bonds is 1. The van der Waals surface area contributed by atoms with Crippen LogP contribution in [0.4, 0.5) is 0 Å². The molecule has 0 aliphatic heterocycles. The molecule has 0 bridgehead atoms. The summed E-state index contributed by atoms with van der Waals surface area (Å²) >= 11 is 0. The third-order valence-corrected chi connectivity index (χ3v) is 1.32. The second kappa shape index (κ2) is 4.57. The van der Waals surface area contributed by atoms with Crippen molar-refractivity contribution in [2.24, 2.45) is 0 Å². The van der Waals surface area contributed by atoms with Crippen LogP contribution in [0.2, 0.25) is 0 Å². The molecule has 1 rings (SSSR count). The largest absolute Gasteiger partial charge is 2.00 e. The quantitative estimate of drug-likeness (QED) is 0.707. The standard InChI is InChI=1S/C6H8O2.Ba.2H/c7-6(8)5-3-1-2-4-5;;;/h3H,1-2,4H2,(H,7,8);;;/q;+2;2*-1. The van der Waals surface area contributed by atoms with Gasteiger partial charge in [-0.1, -0.05) is 6.08 Å². The average molecular weight is 251 g/mol. The van der Waals surface area contributed by atoms with Crippen LogP contribution in [0.3, 0.4) is 0 Å². The van der Waals surface area contributed by atoms with Crippen molar-refractivity contribution in [1.29, 1.82) is 0 Å². The van der Waals surface area contributed by atoms with Crippen molar-refractivity contribution < 1.29 is 12.8 Å². The van der Waals surface area contributed by atoms with Gasteiger partial charge in [0.05, 0.1) is 0 Å². The van der Waals surface area contributed by atoms with Crippen LogP contribution in [0.1, 0.15) is 22.1 Å². The van der Waals surface area contributed by atoms with Gasteiger partial charge in [0.15, 0.2) is 0 Å². The van der Waals surface area contributed by atoms with Gasteiger partial charge < -0.3 is 7.96 Å². The number of hydrogen-bond donors (Lipinski definition) is 1. The van der Waals surface area contributed by atoms with E-state index in [1.165, 1.54) is 0 Å². The number of hydrogen-bond acceptors (Lipinski definition) is 1. The van der Waals surface area contributed by atoms with Crippen molar-refractivity contribution in [3.05, 3.63) is 11.6 Å². The maximum Gasteiger partial charge on any atom is 2.00 e. The van der Waals surface area contributed by atoms with Gasteiger partial charge in [0.25, 0.3) is 0 Å². The first-order chi connectivity index (χ1) is 3.80. The first-order valence-electron chi connectivity index (χ1n) is 2.73. The number of allylic oxidation sites excluding steroid dienone is 1. The van der Waals surface area contributed by atoms with Crippen LogP contribution >= 0.6 is 0 Å². The van der Waals surface area contributed by atoms with E-state index < -0.39 is 5.97 Å². The van der Waals surface area contributed by atoms with Gasteiger partial charge >= 0.3 is 54.9 Å². The van der Waals surface area contributed by atoms with Crippen LogP contribution in [0.25, 0.3) is 0 Å². The Morgan fingerprint density at radius 1 is 1.78 bits per heavy atom. The Labute approximate surface area is 97.4 Å². The molecule has 0 heterocycles. The van der Waals surface area contributed by atoms with Crippen LogP contribution in [0.5, 0.6) is 0 Å². The van der Waals surface area contributed by atoms with Gasteiger partial charge in [-0.05, 0) is 19.3 Å². The second-order valence-corrected chi connectivity index (χ2v) is 1.93. The Hall–Kier alpha value is 0.781. The van der Waals surface area contributed by atoms with E-state index in [1.54, 1.807) is 6.08 Å². The fourth-order valence-corrected chi connectivity index (χ4v) is 0.865. The minimum atomic E-state index is -0.748. The van der Waals surface area contributed by atoms with Crippen molar-refractivity contribution in [3.63, 3.8) is 0 Å². The molecule has 1 N–H and O–H groups in total. The monoisotopic (exact) mass is 252 g/mol. The molecule has 1 aliphatic rings. The van der Waals surface area contributed by atoms with Gasteiger partial charge in [0.1, 0.15) is 0 Å². The van der Waals surface area contributed by atoms with Crippen LogP contribution in [-0.4, -0.2) is 60.0 Å². The normalized spacial score (nSPS) is 16.2. The molecule has 0 aromatic carbocycles. The zero-order valence-corrected chi connectivity index (χ0v) is 9.70. The van der Waals surface area contributed by atoms with Crippen molar-refractivity contribution in [3.8, 4) is 0 Å². The third-order valence-electron chi connectivity index (χ3n) is 1.32. The number of carboxylic acids is 1. The van der Waals surface area contributed by atoms with E-state index in [0.29, 0.717) is 5.57 Å². The van der Waals surface area contributed by atoms with Crippen molar-refractivity contribution in [2.45, 2.75) is 19.3 Å². The summed E-state index contributed by atoms with van der Waals surface area (Å²) in [7, 11) is 0. The van der Waals surface area contributed by atoms with Crippen molar-refractivity contribution >= 4 is 54.9 Å². The van der Waals surface area contributed by atoms with Crippen molar-refractivity contribution in [1.82, 2.24) is 0 Å². The topological polar surface area (TPSA) is 37.3 Å². The average Bonchev–Trinajstić information content (AvgIpc) is 2.12. The minimum absolute atomic E-state index is 0. The van der Waals surface area contributed by atoms with Crippen LogP contribution in [0.15, 0.2) is 11.6 Å². The van der Waals surface area contributed by atoms with E-state index in [-0.39, 0.29) is 51.7 Å². The summed E-state index contributed by atoms with van der Waals surface area (Å²) in [4.78, 5) is 10.1. The van der Waals surface area contributed by atoms with E-state index >= 15 is 0 Å². The van der Waals surface area contributed by atoms with Crippen LogP contribution in [0, 0.1) is 0 Å². The molecule has 0 saturated heterocycles. The minimum Gasteiger partial charge on any atom is -1.00 e. The van der Waals surface area contributed by atoms with Crippen LogP contribution in [-0.2, 0) is 4.79 Å². The zero-order chi connectivity index (χ0) is 5.98. The molecule has 0 atom stereocenters. The van der Waals surface area contributed by atoms with E-state index in [2.05, 4.69) is 0 Å². The summed E-state index contributed by atoms with van der Waals surface area (Å²) in [5, 5.41) is 8.34. The summed E-state index contributed by atoms with van der Waals surface area (Å²) in [6, 6.07) is 0. The summed E-state index contributed by atoms with van der Waals surface area (Å²) in [5.74, 6) is -0.748. The van der Waals surface area contributed by atoms with Gasteiger partial charge in [-0.2, -0.15) is 0 Å². The van der Waals surface area contributed by atoms with Crippen molar-refractivity contribution in [2.75, 3.05) is 0 Å². The molecule has 0 fully saturated rings. The third kappa shape index (κ3) is 2.91. The molecule has 0 spiro atoms. The Kier molecular flexibility index (Phi) is 4.97. The molecule has 3 heteroatoms. The number of aliphatic carboxylic acids is 1. The molecule has 9 heavy (non-hydrogen) atoms. The molecular weight excluding hydrogens is 241 g/mol. The molecule has 0 amide bonds. The first-order valence-corrected chi connectivity index (χ1v) is 2.73. The van der Waals surface area contributed by atoms with E-state index in [0.717, 1.165) is 19.3 Å². The second-order valence-electron chi connectivity index (χ2n) is 1.93. The number of carboxylic acid groups (broad SMARTS) is 1. The molecule has 0 radical (unpaired) electrons. The molecule has 1 aliphatic carbocycles. The van der Waals surface area contributed by atoms with E-state index in [9.17, 15) is 4.79 Å². The molecule has 0 aromatic rings. The maximum atomic E-state index is 10.1. The summed E-state index contributed by atoms with van der Waals surface area (Å²) < 4.78 is 0. The number of carbonyl (C=O) groups is 1. The van der Waals surface area contributed by atoms with Gasteiger partial charge in [0.2, 0.25) is 0 Å². The molecule has 0 unspecified atom stereocenters. The predicted octanol–water partition coefficient (Wildman–Crippen LogP) is 1.03. The summed E-state index contributed by atoms with van der Waals surface area (Å²) in [6.07, 6.45) is 4.51.